The number of ether oxygens (including phenoxy) is 2. The third kappa shape index (κ3) is 5.30. The molecule has 0 saturated heterocycles. The van der Waals surface area contributed by atoms with Gasteiger partial charge < -0.3 is 15.2 Å². The number of primary amides is 1. The Morgan fingerprint density at radius 2 is 1.75 bits per heavy atom. The van der Waals surface area contributed by atoms with Crippen molar-refractivity contribution in [2.24, 2.45) is 5.73 Å². The Labute approximate surface area is 156 Å². The van der Waals surface area contributed by atoms with Crippen molar-refractivity contribution in [3.8, 4) is 17.3 Å². The third-order valence-electron chi connectivity index (χ3n) is 3.22. The number of rotatable bonds is 5. The number of carbonyl (C=O) groups excluding carboxylic acids is 1. The summed E-state index contributed by atoms with van der Waals surface area (Å²) in [6.45, 7) is 0. The van der Waals surface area contributed by atoms with Gasteiger partial charge in [0.2, 0.25) is 0 Å². The average molecular weight is 391 g/mol. The van der Waals surface area contributed by atoms with Gasteiger partial charge >= 0.3 is 12.5 Å². The van der Waals surface area contributed by atoms with Crippen LogP contribution in [0.4, 0.5) is 18.0 Å². The first-order chi connectivity index (χ1) is 13.3. The van der Waals surface area contributed by atoms with E-state index < -0.39 is 18.2 Å². The Morgan fingerprint density at radius 1 is 1.04 bits per heavy atom. The molecule has 3 aromatic rings. The van der Waals surface area contributed by atoms with Gasteiger partial charge in [-0.05, 0) is 35.9 Å². The first-order valence-corrected chi connectivity index (χ1v) is 7.68. The summed E-state index contributed by atoms with van der Waals surface area (Å²) in [6.07, 6.45) is -0.0161. The second-order valence-electron chi connectivity index (χ2n) is 5.27. The molecule has 1 amide bonds. The molecule has 0 aliphatic carbocycles. The maximum Gasteiger partial charge on any atom is 0.573 e. The zero-order valence-corrected chi connectivity index (χ0v) is 14.0. The Hall–Kier alpha value is -3.89. The molecule has 1 aromatic carbocycles. The van der Waals surface area contributed by atoms with Crippen LogP contribution in [-0.2, 0) is 0 Å². The standard InChI is InChI=1S/C17H12F3N5O3/c18-17(19,20)28-13-6-8-15(22-9-13)25-10-23-14(24-25)7-3-11-1-4-12(5-2-11)27-16(21)26/h1-10H,(H2,21,26)/b7-3+. The third-order valence-corrected chi connectivity index (χ3v) is 3.22. The first kappa shape index (κ1) is 18.9. The summed E-state index contributed by atoms with van der Waals surface area (Å²) in [5, 5.41) is 4.16. The van der Waals surface area contributed by atoms with Crippen LogP contribution >= 0.6 is 0 Å². The number of benzene rings is 1. The lowest BCUT2D eigenvalue weighted by molar-refractivity contribution is -0.274. The van der Waals surface area contributed by atoms with Gasteiger partial charge in [-0.1, -0.05) is 18.2 Å². The van der Waals surface area contributed by atoms with Gasteiger partial charge in [-0.2, -0.15) is 0 Å². The van der Waals surface area contributed by atoms with Gasteiger partial charge in [0.05, 0.1) is 6.20 Å². The second kappa shape index (κ2) is 7.78. The van der Waals surface area contributed by atoms with E-state index in [9.17, 15) is 18.0 Å². The summed E-state index contributed by atoms with van der Waals surface area (Å²) < 4.78 is 46.3. The van der Waals surface area contributed by atoms with E-state index in [1.54, 1.807) is 36.4 Å². The minimum Gasteiger partial charge on any atom is -0.411 e. The monoisotopic (exact) mass is 391 g/mol. The van der Waals surface area contributed by atoms with Crippen LogP contribution in [0.1, 0.15) is 11.4 Å². The molecule has 2 heterocycles. The van der Waals surface area contributed by atoms with Crippen LogP contribution in [0.2, 0.25) is 0 Å². The van der Waals surface area contributed by atoms with Crippen molar-refractivity contribution in [2.75, 3.05) is 0 Å². The van der Waals surface area contributed by atoms with Crippen LogP contribution in [0.25, 0.3) is 18.0 Å². The van der Waals surface area contributed by atoms with Crippen LogP contribution in [0.15, 0.2) is 48.9 Å². The summed E-state index contributed by atoms with van der Waals surface area (Å²) in [5.74, 6) is 0.515. The van der Waals surface area contributed by atoms with Gasteiger partial charge in [-0.25, -0.2) is 19.4 Å². The van der Waals surface area contributed by atoms with E-state index >= 15 is 0 Å². The number of carbonyl (C=O) groups is 1. The van der Waals surface area contributed by atoms with Gasteiger partial charge in [0.15, 0.2) is 11.6 Å². The van der Waals surface area contributed by atoms with E-state index in [0.29, 0.717) is 11.6 Å². The Bertz CT molecular complexity index is 983. The van der Waals surface area contributed by atoms with Crippen LogP contribution in [0.3, 0.4) is 0 Å². The molecule has 0 saturated carbocycles. The van der Waals surface area contributed by atoms with Gasteiger partial charge in [-0.3, -0.25) is 0 Å². The van der Waals surface area contributed by atoms with E-state index in [1.807, 2.05) is 0 Å². The fourth-order valence-corrected chi connectivity index (χ4v) is 2.10. The molecule has 0 atom stereocenters. The molecule has 3 rings (SSSR count). The largest absolute Gasteiger partial charge is 0.573 e. The van der Waals surface area contributed by atoms with Crippen molar-refractivity contribution in [1.29, 1.82) is 0 Å². The fourth-order valence-electron chi connectivity index (χ4n) is 2.10. The van der Waals surface area contributed by atoms with E-state index in [0.717, 1.165) is 17.8 Å². The first-order valence-electron chi connectivity index (χ1n) is 7.68. The van der Waals surface area contributed by atoms with Crippen molar-refractivity contribution in [3.05, 3.63) is 60.3 Å². The Morgan fingerprint density at radius 3 is 2.36 bits per heavy atom. The normalized spacial score (nSPS) is 11.5. The molecule has 0 aliphatic rings. The number of hydrogen-bond donors (Lipinski definition) is 1. The number of alkyl halides is 3. The molecule has 0 aliphatic heterocycles. The number of amides is 1. The summed E-state index contributed by atoms with van der Waals surface area (Å²) in [7, 11) is 0. The highest BCUT2D eigenvalue weighted by Gasteiger charge is 2.31. The molecule has 8 nitrogen and oxygen atoms in total. The molecule has 0 fully saturated rings. The SMILES string of the molecule is NC(=O)Oc1ccc(/C=C/c2ncn(-c3ccc(OC(F)(F)F)cn3)n2)cc1. The van der Waals surface area contributed by atoms with Crippen LogP contribution in [0.5, 0.6) is 11.5 Å². The van der Waals surface area contributed by atoms with E-state index in [1.165, 1.54) is 17.1 Å². The summed E-state index contributed by atoms with van der Waals surface area (Å²) in [4.78, 5) is 18.6. The number of nitrogens with zero attached hydrogens (tertiary/aromatic N) is 4. The topological polar surface area (TPSA) is 105 Å². The smallest absolute Gasteiger partial charge is 0.411 e. The molecule has 0 spiro atoms. The number of pyridine rings is 1. The molecule has 11 heteroatoms. The molecule has 2 aromatic heterocycles. The van der Waals surface area contributed by atoms with E-state index in [2.05, 4.69) is 19.8 Å². The highest BCUT2D eigenvalue weighted by atomic mass is 19.4. The van der Waals surface area contributed by atoms with Crippen molar-refractivity contribution >= 4 is 18.2 Å². The summed E-state index contributed by atoms with van der Waals surface area (Å²) in [5.41, 5.74) is 5.72. The Balaban J connectivity index is 1.66. The number of halogens is 3. The molecule has 28 heavy (non-hydrogen) atoms. The highest BCUT2D eigenvalue weighted by Crippen LogP contribution is 2.22. The summed E-state index contributed by atoms with van der Waals surface area (Å²) >= 11 is 0. The maximum atomic E-state index is 12.2. The van der Waals surface area contributed by atoms with Crippen molar-refractivity contribution in [2.45, 2.75) is 6.36 Å². The maximum absolute atomic E-state index is 12.2. The van der Waals surface area contributed by atoms with Gasteiger partial charge in [-0.15, -0.1) is 18.3 Å². The number of aromatic nitrogens is 4. The van der Waals surface area contributed by atoms with Crippen LogP contribution < -0.4 is 15.2 Å². The summed E-state index contributed by atoms with van der Waals surface area (Å²) in [6, 6.07) is 9.00. The molecule has 0 bridgehead atoms. The lowest BCUT2D eigenvalue weighted by Crippen LogP contribution is -2.17. The highest BCUT2D eigenvalue weighted by molar-refractivity contribution is 5.69. The predicted molar refractivity (Wildman–Crippen MR) is 91.4 cm³/mol. The minimum absolute atomic E-state index is 0.273. The quantitative estimate of drug-likeness (QED) is 0.716. The van der Waals surface area contributed by atoms with E-state index in [-0.39, 0.29) is 5.82 Å². The van der Waals surface area contributed by atoms with Crippen molar-refractivity contribution in [3.63, 3.8) is 0 Å². The lowest BCUT2D eigenvalue weighted by atomic mass is 10.2. The van der Waals surface area contributed by atoms with Crippen LogP contribution in [0, 0.1) is 0 Å². The number of hydrogen-bond acceptors (Lipinski definition) is 6. The van der Waals surface area contributed by atoms with Crippen molar-refractivity contribution < 1.29 is 27.4 Å². The van der Waals surface area contributed by atoms with Gasteiger partial charge in [0.25, 0.3) is 0 Å². The number of nitrogens with two attached hydrogens (primary N) is 1. The molecular weight excluding hydrogens is 379 g/mol. The minimum atomic E-state index is -4.78. The van der Waals surface area contributed by atoms with Gasteiger partial charge in [0.1, 0.15) is 17.8 Å². The predicted octanol–water partition coefficient (Wildman–Crippen LogP) is 3.19. The molecule has 2 N–H and O–H groups in total. The van der Waals surface area contributed by atoms with Crippen LogP contribution in [-0.4, -0.2) is 32.2 Å². The van der Waals surface area contributed by atoms with Crippen molar-refractivity contribution in [1.82, 2.24) is 19.7 Å². The Kier molecular flexibility index (Phi) is 5.25. The molecule has 144 valence electrons. The molecular formula is C17H12F3N5O3. The second-order valence-corrected chi connectivity index (χ2v) is 5.27. The zero-order chi connectivity index (χ0) is 20.1. The van der Waals surface area contributed by atoms with Gasteiger partial charge in [0, 0.05) is 0 Å². The molecule has 0 radical (unpaired) electrons. The van der Waals surface area contributed by atoms with E-state index in [4.69, 9.17) is 10.5 Å². The fraction of sp³-hybridized carbons (Fsp3) is 0.0588. The zero-order valence-electron chi connectivity index (χ0n) is 14.0. The average Bonchev–Trinajstić information content (AvgIpc) is 3.09. The molecule has 0 unspecified atom stereocenters. The lowest BCUT2D eigenvalue weighted by Gasteiger charge is -2.08.